The molecule has 1 aromatic heterocycles. The number of nitrogens with two attached hydrogens (primary N) is 1. The van der Waals surface area contributed by atoms with Gasteiger partial charge in [0, 0.05) is 48.2 Å². The number of carbonyl (C=O) groups is 1. The van der Waals surface area contributed by atoms with Crippen molar-refractivity contribution in [1.82, 2.24) is 0 Å². The molecular formula is C11H14N2O6PW2+. The van der Waals surface area contributed by atoms with Crippen LogP contribution >= 0.6 is 8.69 Å². The second-order valence-electron chi connectivity index (χ2n) is 4.32. The maximum atomic E-state index is 11.1. The molecule has 0 aliphatic carbocycles. The largest absolute Gasteiger partial charge is 0.387 e. The van der Waals surface area contributed by atoms with Crippen LogP contribution in [0.25, 0.3) is 0 Å². The second kappa shape index (κ2) is 9.94. The van der Waals surface area contributed by atoms with Crippen LogP contribution in [0.4, 0.5) is 0 Å². The third kappa shape index (κ3) is 4.97. The predicted octanol–water partition coefficient (Wildman–Crippen LogP) is -1.09. The minimum absolute atomic E-state index is 0. The van der Waals surface area contributed by atoms with Gasteiger partial charge in [-0.25, -0.2) is 4.57 Å². The van der Waals surface area contributed by atoms with E-state index in [2.05, 4.69) is 4.52 Å². The fourth-order valence-electron chi connectivity index (χ4n) is 2.01. The number of aliphatic hydroxyl groups excluding tert-OH is 2. The zero-order chi connectivity index (χ0) is 14.7. The summed E-state index contributed by atoms with van der Waals surface area (Å²) >= 11 is 0. The number of ether oxygens (including phenoxy) is 1. The standard InChI is InChI=1S/C11H13N2O6P.2W/c12-10(16)6-2-1-3-13(4-6)11-9(15)8(14)7(19-11)5-18-20-17;;/h1-4,7-9,11,14-15H,5H2,(H-,12,16);;/p+1. The van der Waals surface area contributed by atoms with Crippen LogP contribution in [-0.2, 0) is 56.0 Å². The average molecular weight is 669 g/mol. The van der Waals surface area contributed by atoms with Crippen LogP contribution in [0.15, 0.2) is 24.5 Å². The van der Waals surface area contributed by atoms with Gasteiger partial charge in [0.15, 0.2) is 18.5 Å². The molecule has 4 unspecified atom stereocenters. The Balaban J connectivity index is 0.00000220. The molecule has 0 radical (unpaired) electrons. The molecule has 2 heterocycles. The van der Waals surface area contributed by atoms with E-state index in [0.717, 1.165) is 0 Å². The zero-order valence-corrected chi connectivity index (χ0v) is 17.9. The van der Waals surface area contributed by atoms with Gasteiger partial charge in [-0.15, -0.1) is 0 Å². The van der Waals surface area contributed by atoms with E-state index < -0.39 is 39.1 Å². The molecule has 1 fully saturated rings. The first-order valence-corrected chi connectivity index (χ1v) is 6.54. The summed E-state index contributed by atoms with van der Waals surface area (Å²) in [6.07, 6.45) is -1.12. The van der Waals surface area contributed by atoms with Crippen LogP contribution in [0.3, 0.4) is 0 Å². The summed E-state index contributed by atoms with van der Waals surface area (Å²) in [4.78, 5) is 11.1. The molecule has 8 nitrogen and oxygen atoms in total. The Hall–Kier alpha value is -0.0634. The number of aliphatic hydroxyl groups is 2. The molecule has 22 heavy (non-hydrogen) atoms. The molecule has 0 spiro atoms. The predicted molar refractivity (Wildman–Crippen MR) is 64.6 cm³/mol. The minimum Gasteiger partial charge on any atom is -0.387 e. The van der Waals surface area contributed by atoms with Crippen LogP contribution in [0.2, 0.25) is 0 Å². The number of aromatic nitrogens is 1. The first-order valence-electron chi connectivity index (χ1n) is 5.81. The zero-order valence-electron chi connectivity index (χ0n) is 11.1. The van der Waals surface area contributed by atoms with E-state index >= 15 is 0 Å². The summed E-state index contributed by atoms with van der Waals surface area (Å²) in [5, 5.41) is 19.8. The maximum absolute atomic E-state index is 11.1. The first-order chi connectivity index (χ1) is 9.54. The molecule has 1 aromatic rings. The summed E-state index contributed by atoms with van der Waals surface area (Å²) in [7, 11) is -0.533. The molecule has 1 aliphatic rings. The van der Waals surface area contributed by atoms with E-state index in [1.165, 1.54) is 16.8 Å². The number of pyridine rings is 1. The first kappa shape index (κ1) is 21.9. The van der Waals surface area contributed by atoms with Crippen LogP contribution in [0.5, 0.6) is 0 Å². The molecule has 1 aliphatic heterocycles. The van der Waals surface area contributed by atoms with Crippen molar-refractivity contribution < 1.29 is 75.5 Å². The Labute approximate surface area is 156 Å². The third-order valence-electron chi connectivity index (χ3n) is 3.03. The Morgan fingerprint density at radius 1 is 1.41 bits per heavy atom. The molecule has 120 valence electrons. The van der Waals surface area contributed by atoms with Crippen molar-refractivity contribution >= 4 is 14.6 Å². The molecular weight excluding hydrogens is 655 g/mol. The van der Waals surface area contributed by atoms with Crippen molar-refractivity contribution in [2.24, 2.45) is 5.73 Å². The third-order valence-corrected chi connectivity index (χ3v) is 3.28. The molecule has 4 N–H and O–H groups in total. The van der Waals surface area contributed by atoms with Gasteiger partial charge in [-0.05, 0) is 6.07 Å². The number of amides is 1. The molecule has 1 saturated heterocycles. The number of hydrogen-bond donors (Lipinski definition) is 3. The fraction of sp³-hybridized carbons (Fsp3) is 0.455. The molecule has 4 atom stereocenters. The van der Waals surface area contributed by atoms with Crippen molar-refractivity contribution in [3.05, 3.63) is 30.1 Å². The average Bonchev–Trinajstić information content (AvgIpc) is 2.73. The van der Waals surface area contributed by atoms with Gasteiger partial charge in [-0.3, -0.25) is 9.32 Å². The summed E-state index contributed by atoms with van der Waals surface area (Å²) in [6, 6.07) is 3.09. The summed E-state index contributed by atoms with van der Waals surface area (Å²) in [5.74, 6) is -0.613. The molecule has 2 rings (SSSR count). The van der Waals surface area contributed by atoms with Crippen molar-refractivity contribution in [3.63, 3.8) is 0 Å². The molecule has 11 heteroatoms. The maximum Gasteiger partial charge on any atom is 0.327 e. The molecule has 0 bridgehead atoms. The van der Waals surface area contributed by atoms with Gasteiger partial charge in [0.2, 0.25) is 0 Å². The monoisotopic (exact) mass is 669 g/mol. The summed E-state index contributed by atoms with van der Waals surface area (Å²) in [6.45, 7) is -0.129. The van der Waals surface area contributed by atoms with Gasteiger partial charge < -0.3 is 20.7 Å². The van der Waals surface area contributed by atoms with Gasteiger partial charge in [0.25, 0.3) is 12.1 Å². The minimum atomic E-state index is -1.21. The number of rotatable bonds is 5. The van der Waals surface area contributed by atoms with E-state index in [9.17, 15) is 19.6 Å². The van der Waals surface area contributed by atoms with Gasteiger partial charge in [0.05, 0.1) is 6.61 Å². The topological polar surface area (TPSA) is 123 Å². The second-order valence-corrected chi connectivity index (χ2v) is 4.73. The molecule has 0 saturated carbocycles. The van der Waals surface area contributed by atoms with E-state index in [-0.39, 0.29) is 54.3 Å². The van der Waals surface area contributed by atoms with Crippen molar-refractivity contribution in [1.29, 1.82) is 0 Å². The van der Waals surface area contributed by atoms with Gasteiger partial charge in [-0.2, -0.15) is 4.57 Å². The normalized spacial score (nSPS) is 27.0. The van der Waals surface area contributed by atoms with E-state index in [4.69, 9.17) is 10.5 Å². The van der Waals surface area contributed by atoms with E-state index in [1.54, 1.807) is 12.3 Å². The van der Waals surface area contributed by atoms with Gasteiger partial charge in [0.1, 0.15) is 17.8 Å². The van der Waals surface area contributed by atoms with Gasteiger partial charge in [-0.1, -0.05) is 0 Å². The Morgan fingerprint density at radius 2 is 2.09 bits per heavy atom. The SMILES string of the molecule is NC(=O)c1ccc[n+](C2OC(COP=O)C(O)C2O)c1.[W].[W]. The quantitative estimate of drug-likeness (QED) is 0.271. The number of hydrogen-bond acceptors (Lipinski definition) is 6. The molecule has 1 amide bonds. The Morgan fingerprint density at radius 3 is 2.68 bits per heavy atom. The van der Waals surface area contributed by atoms with Crippen LogP contribution < -0.4 is 10.3 Å². The van der Waals surface area contributed by atoms with Crippen LogP contribution in [0.1, 0.15) is 16.6 Å². The number of nitrogens with zero attached hydrogens (tertiary/aromatic N) is 1. The smallest absolute Gasteiger partial charge is 0.327 e. The van der Waals surface area contributed by atoms with Gasteiger partial charge >= 0.3 is 8.69 Å². The Bertz CT molecular complexity index is 523. The number of carbonyl (C=O) groups excluding carboxylic acids is 1. The summed E-state index contributed by atoms with van der Waals surface area (Å²) < 4.78 is 21.7. The fourth-order valence-corrected chi connectivity index (χ4v) is 2.22. The van der Waals surface area contributed by atoms with Crippen LogP contribution in [0, 0.1) is 0 Å². The van der Waals surface area contributed by atoms with E-state index in [1.807, 2.05) is 0 Å². The number of primary amides is 1. The van der Waals surface area contributed by atoms with Crippen molar-refractivity contribution in [3.8, 4) is 0 Å². The van der Waals surface area contributed by atoms with Crippen LogP contribution in [-0.4, -0.2) is 41.0 Å². The Kier molecular flexibility index (Phi) is 9.91. The van der Waals surface area contributed by atoms with Crippen molar-refractivity contribution in [2.75, 3.05) is 6.61 Å². The van der Waals surface area contributed by atoms with Crippen molar-refractivity contribution in [2.45, 2.75) is 24.5 Å². The molecule has 0 aromatic carbocycles. The van der Waals surface area contributed by atoms with E-state index in [0.29, 0.717) is 0 Å². The summed E-state index contributed by atoms with van der Waals surface area (Å²) in [5.41, 5.74) is 5.42.